The molecule has 1 N–H and O–H groups in total. The van der Waals surface area contributed by atoms with Crippen molar-refractivity contribution in [2.24, 2.45) is 5.92 Å². The second-order valence-electron chi connectivity index (χ2n) is 5.45. The van der Waals surface area contributed by atoms with Gasteiger partial charge in [-0.3, -0.25) is 4.79 Å². The van der Waals surface area contributed by atoms with Crippen LogP contribution in [0.5, 0.6) is 5.75 Å². The van der Waals surface area contributed by atoms with Gasteiger partial charge in [-0.15, -0.1) is 0 Å². The Labute approximate surface area is 114 Å². The van der Waals surface area contributed by atoms with Crippen molar-refractivity contribution in [2.75, 3.05) is 6.79 Å². The molecule has 1 aromatic carbocycles. The Morgan fingerprint density at radius 1 is 1.37 bits per heavy atom. The Kier molecular flexibility index (Phi) is 4.59. The molecule has 19 heavy (non-hydrogen) atoms. The number of hydrogen-bond acceptors (Lipinski definition) is 3. The van der Waals surface area contributed by atoms with E-state index in [0.29, 0.717) is 17.6 Å². The molecule has 1 aliphatic rings. The van der Waals surface area contributed by atoms with Crippen LogP contribution in [0.3, 0.4) is 0 Å². The Morgan fingerprint density at radius 3 is 2.74 bits per heavy atom. The third-order valence-electron chi connectivity index (χ3n) is 4.14. The quantitative estimate of drug-likeness (QED) is 0.667. The average molecular weight is 262 g/mol. The van der Waals surface area contributed by atoms with Gasteiger partial charge in [-0.25, -0.2) is 0 Å². The molecule has 0 heterocycles. The van der Waals surface area contributed by atoms with Crippen LogP contribution >= 0.6 is 0 Å². The topological polar surface area (TPSA) is 46.5 Å². The first-order valence-electron chi connectivity index (χ1n) is 7.02. The molecule has 2 atom stereocenters. The van der Waals surface area contributed by atoms with Crippen LogP contribution in [-0.2, 0) is 0 Å². The fourth-order valence-corrected chi connectivity index (χ4v) is 3.11. The summed E-state index contributed by atoms with van der Waals surface area (Å²) in [6.45, 7) is 3.53. The van der Waals surface area contributed by atoms with Crippen molar-refractivity contribution in [1.29, 1.82) is 0 Å². The van der Waals surface area contributed by atoms with Crippen LogP contribution in [0.2, 0.25) is 0 Å². The third kappa shape index (κ3) is 3.16. The number of rotatable bonds is 4. The minimum atomic E-state index is -0.334. The summed E-state index contributed by atoms with van der Waals surface area (Å²) in [4.78, 5) is 11.8. The maximum Gasteiger partial charge on any atom is 0.186 e. The van der Waals surface area contributed by atoms with E-state index >= 15 is 0 Å². The zero-order valence-electron chi connectivity index (χ0n) is 11.7. The van der Waals surface area contributed by atoms with E-state index in [1.807, 2.05) is 12.1 Å². The van der Waals surface area contributed by atoms with Gasteiger partial charge in [0.05, 0.1) is 0 Å². The van der Waals surface area contributed by atoms with Gasteiger partial charge in [0.1, 0.15) is 5.75 Å². The van der Waals surface area contributed by atoms with Crippen molar-refractivity contribution < 1.29 is 14.6 Å². The van der Waals surface area contributed by atoms with E-state index < -0.39 is 0 Å². The predicted octanol–water partition coefficient (Wildman–Crippen LogP) is 3.51. The van der Waals surface area contributed by atoms with Gasteiger partial charge in [-0.2, -0.15) is 0 Å². The van der Waals surface area contributed by atoms with E-state index in [-0.39, 0.29) is 12.6 Å². The molecule has 0 aromatic heterocycles. The van der Waals surface area contributed by atoms with E-state index in [4.69, 9.17) is 9.84 Å². The highest BCUT2D eigenvalue weighted by molar-refractivity contribution is 5.96. The smallest absolute Gasteiger partial charge is 0.186 e. The molecule has 1 aliphatic carbocycles. The maximum atomic E-state index is 11.8. The fraction of sp³-hybridized carbons (Fsp3) is 0.562. The van der Waals surface area contributed by atoms with Gasteiger partial charge in [0, 0.05) is 5.56 Å². The van der Waals surface area contributed by atoms with Gasteiger partial charge in [-0.05, 0) is 48.9 Å². The number of Topliss-reactive ketones (excluding diaryl/α,β-unsaturated/α-hetero) is 1. The summed E-state index contributed by atoms with van der Waals surface area (Å²) in [7, 11) is 0. The summed E-state index contributed by atoms with van der Waals surface area (Å²) >= 11 is 0. The van der Waals surface area contributed by atoms with Crippen LogP contribution in [0.15, 0.2) is 18.2 Å². The Balaban J connectivity index is 2.38. The summed E-state index contributed by atoms with van der Waals surface area (Å²) in [5, 5.41) is 8.86. The van der Waals surface area contributed by atoms with Gasteiger partial charge in [0.25, 0.3) is 0 Å². The predicted molar refractivity (Wildman–Crippen MR) is 74.5 cm³/mol. The minimum Gasteiger partial charge on any atom is -0.468 e. The van der Waals surface area contributed by atoms with Crippen LogP contribution in [0.25, 0.3) is 0 Å². The second kappa shape index (κ2) is 6.20. The summed E-state index contributed by atoms with van der Waals surface area (Å²) in [6, 6.07) is 5.51. The van der Waals surface area contributed by atoms with Crippen molar-refractivity contribution in [3.63, 3.8) is 0 Å². The second-order valence-corrected chi connectivity index (χ2v) is 5.45. The molecule has 0 radical (unpaired) electrons. The van der Waals surface area contributed by atoms with Crippen molar-refractivity contribution in [1.82, 2.24) is 0 Å². The lowest BCUT2D eigenvalue weighted by Crippen LogP contribution is -2.17. The number of aliphatic hydroxyl groups is 1. The zero-order chi connectivity index (χ0) is 13.8. The highest BCUT2D eigenvalue weighted by Crippen LogP contribution is 2.40. The molecule has 1 fully saturated rings. The number of carbonyl (C=O) groups is 1. The molecular formula is C16H22O3. The lowest BCUT2D eigenvalue weighted by molar-refractivity contribution is 0.0982. The zero-order valence-corrected chi connectivity index (χ0v) is 11.7. The van der Waals surface area contributed by atoms with Crippen molar-refractivity contribution in [2.45, 2.75) is 45.4 Å². The lowest BCUT2D eigenvalue weighted by atomic mass is 9.75. The molecule has 3 nitrogen and oxygen atoms in total. The van der Waals surface area contributed by atoms with Crippen molar-refractivity contribution >= 4 is 5.78 Å². The molecule has 2 unspecified atom stereocenters. The summed E-state index contributed by atoms with van der Waals surface area (Å²) in [6.07, 6.45) is 4.84. The Hall–Kier alpha value is -1.35. The number of aliphatic hydroxyl groups excluding tert-OH is 1. The van der Waals surface area contributed by atoms with Gasteiger partial charge in [0.2, 0.25) is 0 Å². The number of hydrogen-bond donors (Lipinski definition) is 1. The Morgan fingerprint density at radius 2 is 2.11 bits per heavy atom. The molecule has 104 valence electrons. The molecule has 2 rings (SSSR count). The average Bonchev–Trinajstić information content (AvgIpc) is 2.39. The maximum absolute atomic E-state index is 11.8. The molecular weight excluding hydrogens is 240 g/mol. The van der Waals surface area contributed by atoms with Gasteiger partial charge < -0.3 is 9.84 Å². The van der Waals surface area contributed by atoms with Crippen LogP contribution in [0.4, 0.5) is 0 Å². The molecule has 0 amide bonds. The van der Waals surface area contributed by atoms with E-state index in [0.717, 1.165) is 17.5 Å². The number of ether oxygens (including phenoxy) is 1. The largest absolute Gasteiger partial charge is 0.468 e. The van der Waals surface area contributed by atoms with Gasteiger partial charge >= 0.3 is 0 Å². The molecule has 1 aromatic rings. The SMILES string of the molecule is CC(=O)c1ccc(OCO)cc1C1CCCCC1C. The van der Waals surface area contributed by atoms with Crippen molar-refractivity contribution in [3.05, 3.63) is 29.3 Å². The van der Waals surface area contributed by atoms with E-state index in [1.54, 1.807) is 13.0 Å². The molecule has 0 bridgehead atoms. The van der Waals surface area contributed by atoms with E-state index in [9.17, 15) is 4.79 Å². The Bertz CT molecular complexity index is 453. The van der Waals surface area contributed by atoms with Gasteiger partial charge in [0.15, 0.2) is 12.6 Å². The number of benzene rings is 1. The van der Waals surface area contributed by atoms with Crippen LogP contribution < -0.4 is 4.74 Å². The molecule has 0 aliphatic heterocycles. The molecule has 0 saturated heterocycles. The number of ketones is 1. The van der Waals surface area contributed by atoms with Gasteiger partial charge in [-0.1, -0.05) is 26.2 Å². The highest BCUT2D eigenvalue weighted by Gasteiger charge is 2.26. The van der Waals surface area contributed by atoms with Crippen LogP contribution in [0.1, 0.15) is 61.4 Å². The van der Waals surface area contributed by atoms with E-state index in [2.05, 4.69) is 6.92 Å². The minimum absolute atomic E-state index is 0.100. The molecule has 0 spiro atoms. The lowest BCUT2D eigenvalue weighted by Gasteiger charge is -2.30. The molecule has 1 saturated carbocycles. The van der Waals surface area contributed by atoms with Crippen LogP contribution in [0, 0.1) is 5.92 Å². The standard InChI is InChI=1S/C16H22O3/c1-11-5-3-4-6-14(11)16-9-13(19-10-17)7-8-15(16)12(2)18/h7-9,11,14,17H,3-6,10H2,1-2H3. The summed E-state index contributed by atoms with van der Waals surface area (Å²) in [5.74, 6) is 1.76. The van der Waals surface area contributed by atoms with Crippen LogP contribution in [-0.4, -0.2) is 17.7 Å². The number of carbonyl (C=O) groups excluding carboxylic acids is 1. The fourth-order valence-electron chi connectivity index (χ4n) is 3.11. The first-order chi connectivity index (χ1) is 9.13. The first kappa shape index (κ1) is 14.1. The monoisotopic (exact) mass is 262 g/mol. The first-order valence-corrected chi connectivity index (χ1v) is 7.02. The molecule has 3 heteroatoms. The highest BCUT2D eigenvalue weighted by atomic mass is 16.6. The van der Waals surface area contributed by atoms with E-state index in [1.165, 1.54) is 19.3 Å². The summed E-state index contributed by atoms with van der Waals surface area (Å²) < 4.78 is 5.15. The normalized spacial score (nSPS) is 23.1. The van der Waals surface area contributed by atoms with Crippen molar-refractivity contribution in [3.8, 4) is 5.75 Å². The summed E-state index contributed by atoms with van der Waals surface area (Å²) in [5.41, 5.74) is 1.88. The third-order valence-corrected chi connectivity index (χ3v) is 4.14.